The van der Waals surface area contributed by atoms with E-state index in [2.05, 4.69) is 21.3 Å². The van der Waals surface area contributed by atoms with Gasteiger partial charge in [0, 0.05) is 28.5 Å². The van der Waals surface area contributed by atoms with Crippen LogP contribution in [-0.2, 0) is 15.8 Å². The van der Waals surface area contributed by atoms with Gasteiger partial charge in [-0.1, -0.05) is 32.1 Å². The van der Waals surface area contributed by atoms with E-state index in [4.69, 9.17) is 0 Å². The van der Waals surface area contributed by atoms with Crippen LogP contribution in [0.2, 0.25) is 0 Å². The number of carbonyl (C=O) groups excluding carboxylic acids is 4. The van der Waals surface area contributed by atoms with Gasteiger partial charge >= 0.3 is 6.18 Å². The summed E-state index contributed by atoms with van der Waals surface area (Å²) in [5, 5.41) is 10.9. The molecule has 2 unspecified atom stereocenters. The van der Waals surface area contributed by atoms with Crippen molar-refractivity contribution in [2.45, 2.75) is 80.9 Å². The van der Waals surface area contributed by atoms with E-state index in [1.807, 2.05) is 18.4 Å². The number of nitrogens with one attached hydrogen (secondary N) is 4. The predicted octanol–water partition coefficient (Wildman–Crippen LogP) is 5.53. The topological polar surface area (TPSA) is 116 Å². The minimum absolute atomic E-state index is 0.0397. The zero-order chi connectivity index (χ0) is 31.0. The third-order valence-electron chi connectivity index (χ3n) is 8.02. The maximum absolute atomic E-state index is 13.4. The van der Waals surface area contributed by atoms with E-state index in [-0.39, 0.29) is 41.1 Å². The molecule has 0 heterocycles. The van der Waals surface area contributed by atoms with Crippen LogP contribution in [-0.4, -0.2) is 48.5 Å². The average Bonchev–Trinajstić information content (AvgIpc) is 3.01. The van der Waals surface area contributed by atoms with Gasteiger partial charge in [-0.3, -0.25) is 19.2 Å². The molecule has 4 rings (SSSR count). The molecule has 2 fully saturated rings. The monoisotopic (exact) mass is 618 g/mol. The van der Waals surface area contributed by atoms with Crippen LogP contribution in [0.4, 0.5) is 18.9 Å². The van der Waals surface area contributed by atoms with E-state index in [1.165, 1.54) is 0 Å². The summed E-state index contributed by atoms with van der Waals surface area (Å²) in [5.41, 5.74) is -0.945. The molecule has 0 aromatic heterocycles. The molecule has 2 aromatic carbocycles. The lowest BCUT2D eigenvalue weighted by atomic mass is 9.88. The molecule has 4 N–H and O–H groups in total. The molecule has 4 amide bonds. The molecule has 0 spiro atoms. The third kappa shape index (κ3) is 8.98. The van der Waals surface area contributed by atoms with E-state index in [0.29, 0.717) is 37.3 Å². The second-order valence-electron chi connectivity index (χ2n) is 11.0. The number of thioether (sulfide) groups is 1. The van der Waals surface area contributed by atoms with Crippen molar-refractivity contribution in [3.63, 3.8) is 0 Å². The highest BCUT2D eigenvalue weighted by Gasteiger charge is 2.33. The van der Waals surface area contributed by atoms with Crippen molar-refractivity contribution in [1.82, 2.24) is 16.0 Å². The minimum Gasteiger partial charge on any atom is -0.350 e. The summed E-state index contributed by atoms with van der Waals surface area (Å²) in [6.07, 6.45) is 4.44. The summed E-state index contributed by atoms with van der Waals surface area (Å²) >= 11 is 1.57. The van der Waals surface area contributed by atoms with Crippen molar-refractivity contribution >= 4 is 41.1 Å². The molecule has 2 aliphatic rings. The molecular weight excluding hydrogens is 581 g/mol. The van der Waals surface area contributed by atoms with Gasteiger partial charge in [0.2, 0.25) is 11.8 Å². The SMILES string of the molecule is CSc1ccc(C(=O)NC2CCCCC2NC(=O)CNC(=O)c2cc(C(F)(F)F)ccc2NC(=O)C2CCCCC2)cc1. The van der Waals surface area contributed by atoms with Gasteiger partial charge < -0.3 is 21.3 Å². The number of anilines is 1. The summed E-state index contributed by atoms with van der Waals surface area (Å²) in [7, 11) is 0. The van der Waals surface area contributed by atoms with Gasteiger partial charge in [-0.25, -0.2) is 0 Å². The largest absolute Gasteiger partial charge is 0.416 e. The van der Waals surface area contributed by atoms with E-state index in [0.717, 1.165) is 49.1 Å². The molecule has 0 saturated heterocycles. The van der Waals surface area contributed by atoms with Gasteiger partial charge in [-0.2, -0.15) is 13.2 Å². The number of hydrogen-bond acceptors (Lipinski definition) is 5. The van der Waals surface area contributed by atoms with Crippen molar-refractivity contribution < 1.29 is 32.3 Å². The molecule has 43 heavy (non-hydrogen) atoms. The summed E-state index contributed by atoms with van der Waals surface area (Å²) < 4.78 is 40.3. The molecule has 12 heteroatoms. The average molecular weight is 619 g/mol. The Labute approximate surface area is 253 Å². The van der Waals surface area contributed by atoms with Crippen molar-refractivity contribution in [1.29, 1.82) is 0 Å². The number of amides is 4. The number of carbonyl (C=O) groups is 4. The van der Waals surface area contributed by atoms with Crippen molar-refractivity contribution in [2.24, 2.45) is 5.92 Å². The van der Waals surface area contributed by atoms with Gasteiger partial charge in [-0.05, 0) is 74.4 Å². The number of hydrogen-bond donors (Lipinski definition) is 4. The number of halogens is 3. The zero-order valence-electron chi connectivity index (χ0n) is 24.0. The summed E-state index contributed by atoms with van der Waals surface area (Å²) in [6, 6.07) is 9.09. The molecule has 0 radical (unpaired) electrons. The maximum atomic E-state index is 13.4. The first-order valence-electron chi connectivity index (χ1n) is 14.6. The summed E-state index contributed by atoms with van der Waals surface area (Å²) in [5.74, 6) is -2.31. The first-order chi connectivity index (χ1) is 20.5. The lowest BCUT2D eigenvalue weighted by Gasteiger charge is -2.33. The molecule has 232 valence electrons. The van der Waals surface area contributed by atoms with E-state index in [1.54, 1.807) is 23.9 Å². The Bertz CT molecular complexity index is 1310. The van der Waals surface area contributed by atoms with E-state index >= 15 is 0 Å². The van der Waals surface area contributed by atoms with Crippen LogP contribution in [0, 0.1) is 5.92 Å². The quantitative estimate of drug-likeness (QED) is 0.276. The van der Waals surface area contributed by atoms with Crippen LogP contribution in [0.25, 0.3) is 0 Å². The standard InChI is InChI=1S/C31H37F3N4O4S/c1-43-22-14-11-20(12-15-22)29(41)38-26-10-6-5-9-25(26)36-27(39)18-35-30(42)23-17-21(31(32,33)34)13-16-24(23)37-28(40)19-7-3-2-4-8-19/h11-17,19,25-26H,2-10,18H2,1H3,(H,35,42)(H,36,39)(H,37,40)(H,38,41). The number of rotatable bonds is 9. The lowest BCUT2D eigenvalue weighted by molar-refractivity contribution is -0.137. The first-order valence-corrected chi connectivity index (χ1v) is 15.8. The Morgan fingerprint density at radius 3 is 2.07 bits per heavy atom. The van der Waals surface area contributed by atoms with E-state index < -0.39 is 30.1 Å². The molecule has 8 nitrogen and oxygen atoms in total. The smallest absolute Gasteiger partial charge is 0.350 e. The van der Waals surface area contributed by atoms with Crippen LogP contribution in [0.1, 0.15) is 84.1 Å². The molecule has 2 aromatic rings. The van der Waals surface area contributed by atoms with Crippen molar-refractivity contribution in [2.75, 3.05) is 18.1 Å². The van der Waals surface area contributed by atoms with Crippen LogP contribution in [0.3, 0.4) is 0 Å². The molecule has 0 aliphatic heterocycles. The number of benzene rings is 2. The predicted molar refractivity (Wildman–Crippen MR) is 159 cm³/mol. The Balaban J connectivity index is 1.38. The molecule has 0 bridgehead atoms. The summed E-state index contributed by atoms with van der Waals surface area (Å²) in [4.78, 5) is 52.5. The van der Waals surface area contributed by atoms with Crippen LogP contribution < -0.4 is 21.3 Å². The fraction of sp³-hybridized carbons (Fsp3) is 0.484. The Morgan fingerprint density at radius 1 is 0.814 bits per heavy atom. The lowest BCUT2D eigenvalue weighted by Crippen LogP contribution is -2.54. The van der Waals surface area contributed by atoms with Gasteiger partial charge in [0.15, 0.2) is 0 Å². The minimum atomic E-state index is -4.70. The summed E-state index contributed by atoms with van der Waals surface area (Å²) in [6.45, 7) is -0.488. The third-order valence-corrected chi connectivity index (χ3v) is 8.76. The van der Waals surface area contributed by atoms with Crippen LogP contribution in [0.15, 0.2) is 47.4 Å². The molecular formula is C31H37F3N4O4S. The van der Waals surface area contributed by atoms with Crippen LogP contribution >= 0.6 is 11.8 Å². The highest BCUT2D eigenvalue weighted by Crippen LogP contribution is 2.33. The second kappa shape index (κ2) is 14.8. The molecule has 2 atom stereocenters. The van der Waals surface area contributed by atoms with Crippen molar-refractivity contribution in [3.05, 3.63) is 59.2 Å². The molecule has 2 saturated carbocycles. The fourth-order valence-electron chi connectivity index (χ4n) is 5.60. The highest BCUT2D eigenvalue weighted by molar-refractivity contribution is 7.98. The van der Waals surface area contributed by atoms with Crippen molar-refractivity contribution in [3.8, 4) is 0 Å². The second-order valence-corrected chi connectivity index (χ2v) is 11.9. The zero-order valence-corrected chi connectivity index (χ0v) is 24.8. The first kappa shape index (κ1) is 32.4. The maximum Gasteiger partial charge on any atom is 0.416 e. The van der Waals surface area contributed by atoms with Gasteiger partial charge in [0.25, 0.3) is 11.8 Å². The van der Waals surface area contributed by atoms with Gasteiger partial charge in [-0.15, -0.1) is 11.8 Å². The van der Waals surface area contributed by atoms with E-state index in [9.17, 15) is 32.3 Å². The Hall–Kier alpha value is -3.54. The molecule has 2 aliphatic carbocycles. The Morgan fingerprint density at radius 2 is 1.44 bits per heavy atom. The fourth-order valence-corrected chi connectivity index (χ4v) is 6.01. The van der Waals surface area contributed by atoms with Gasteiger partial charge in [0.1, 0.15) is 0 Å². The Kier molecular flexibility index (Phi) is 11.1. The highest BCUT2D eigenvalue weighted by atomic mass is 32.2. The van der Waals surface area contributed by atoms with Gasteiger partial charge in [0.05, 0.1) is 23.4 Å². The van der Waals surface area contributed by atoms with Crippen LogP contribution in [0.5, 0.6) is 0 Å². The number of alkyl halides is 3. The normalized spacial score (nSPS) is 19.3.